The molecule has 4 nitrogen and oxygen atoms in total. The normalized spacial score (nSPS) is 53.0. The van der Waals surface area contributed by atoms with Gasteiger partial charge in [-0.05, 0) is 75.0 Å². The second kappa shape index (κ2) is 7.40. The van der Waals surface area contributed by atoms with E-state index in [1.54, 1.807) is 0 Å². The molecule has 4 heteroatoms. The van der Waals surface area contributed by atoms with E-state index in [0.717, 1.165) is 64.4 Å². The molecule has 6 aliphatic rings. The Morgan fingerprint density at radius 2 is 1.56 bits per heavy atom. The summed E-state index contributed by atoms with van der Waals surface area (Å²) in [6.07, 6.45) is 21.7. The number of hydrogen-bond acceptors (Lipinski definition) is 4. The van der Waals surface area contributed by atoms with Gasteiger partial charge in [-0.2, -0.15) is 0 Å². The highest BCUT2D eigenvalue weighted by Gasteiger charge is 2.72. The van der Waals surface area contributed by atoms with Crippen molar-refractivity contribution in [2.24, 2.45) is 23.7 Å². The van der Waals surface area contributed by atoms with Gasteiger partial charge in [0.25, 0.3) is 0 Å². The molecule has 0 radical (unpaired) electrons. The Bertz CT molecular complexity index is 848. The summed E-state index contributed by atoms with van der Waals surface area (Å²) in [6, 6.07) is 0. The zero-order valence-electron chi connectivity index (χ0n) is 19.2. The zero-order valence-corrected chi connectivity index (χ0v) is 19.2. The molecule has 2 saturated heterocycles. The smallest absolute Gasteiger partial charge is 0.162 e. The third-order valence-corrected chi connectivity index (χ3v) is 10.0. The molecule has 0 unspecified atom stereocenters. The summed E-state index contributed by atoms with van der Waals surface area (Å²) in [5.41, 5.74) is -1.93. The Morgan fingerprint density at radius 1 is 0.906 bits per heavy atom. The summed E-state index contributed by atoms with van der Waals surface area (Å²) in [4.78, 5) is 0. The highest BCUT2D eigenvalue weighted by Crippen LogP contribution is 2.65. The first kappa shape index (κ1) is 21.3. The highest BCUT2D eigenvalue weighted by atomic mass is 16.7. The average Bonchev–Trinajstić information content (AvgIpc) is 3.38. The SMILES string of the molecule is C=CC[C@@H]1C[C@]2(O)C[C@@H](O[C@@]34CCO[C@@]35CC=CC[C@@H]5[C@H](CC=C)C4)O[C@@]23CC=CC[C@H]13. The molecule has 9 atom stereocenters. The summed E-state index contributed by atoms with van der Waals surface area (Å²) in [5.74, 6) is 1.76. The van der Waals surface area contributed by atoms with Crippen LogP contribution in [0.2, 0.25) is 0 Å². The lowest BCUT2D eigenvalue weighted by Crippen LogP contribution is -2.54. The Kier molecular flexibility index (Phi) is 4.93. The van der Waals surface area contributed by atoms with Crippen molar-refractivity contribution in [3.05, 3.63) is 49.6 Å². The van der Waals surface area contributed by atoms with Crippen LogP contribution in [-0.4, -0.2) is 40.4 Å². The first-order chi connectivity index (χ1) is 15.5. The third kappa shape index (κ3) is 2.64. The number of aliphatic hydroxyl groups is 1. The van der Waals surface area contributed by atoms with E-state index >= 15 is 0 Å². The van der Waals surface area contributed by atoms with Gasteiger partial charge >= 0.3 is 0 Å². The van der Waals surface area contributed by atoms with Gasteiger partial charge in [0.2, 0.25) is 0 Å². The lowest BCUT2D eigenvalue weighted by Gasteiger charge is -2.45. The van der Waals surface area contributed by atoms with Crippen molar-refractivity contribution in [3.8, 4) is 0 Å². The van der Waals surface area contributed by atoms with E-state index in [1.165, 1.54) is 0 Å². The van der Waals surface area contributed by atoms with E-state index in [0.29, 0.717) is 30.1 Å². The molecule has 1 N–H and O–H groups in total. The molecule has 2 heterocycles. The minimum absolute atomic E-state index is 0.256. The molecule has 6 rings (SSSR count). The van der Waals surface area contributed by atoms with Crippen LogP contribution in [0.5, 0.6) is 0 Å². The van der Waals surface area contributed by atoms with Crippen LogP contribution in [-0.2, 0) is 14.2 Å². The van der Waals surface area contributed by atoms with Crippen LogP contribution in [0.4, 0.5) is 0 Å². The fourth-order valence-corrected chi connectivity index (χ4v) is 8.89. The lowest BCUT2D eigenvalue weighted by atomic mass is 9.72. The fraction of sp³-hybridized carbons (Fsp3) is 0.714. The Labute approximate surface area is 192 Å². The number of hydrogen-bond donors (Lipinski definition) is 1. The molecular formula is C28H38O4. The highest BCUT2D eigenvalue weighted by molar-refractivity contribution is 5.25. The van der Waals surface area contributed by atoms with Crippen LogP contribution in [0.25, 0.3) is 0 Å². The Balaban J connectivity index is 1.30. The molecule has 4 fully saturated rings. The number of ether oxygens (including phenoxy) is 3. The molecule has 2 aliphatic heterocycles. The first-order valence-corrected chi connectivity index (χ1v) is 12.8. The molecule has 4 aliphatic carbocycles. The quantitative estimate of drug-likeness (QED) is 0.576. The molecular weight excluding hydrogens is 400 g/mol. The van der Waals surface area contributed by atoms with Gasteiger partial charge in [-0.15, -0.1) is 13.2 Å². The number of allylic oxidation sites excluding steroid dienone is 4. The molecule has 0 amide bonds. The third-order valence-electron chi connectivity index (χ3n) is 10.0. The maximum Gasteiger partial charge on any atom is 0.162 e. The van der Waals surface area contributed by atoms with E-state index in [4.69, 9.17) is 14.2 Å². The van der Waals surface area contributed by atoms with Crippen LogP contribution in [0.15, 0.2) is 49.6 Å². The van der Waals surface area contributed by atoms with Gasteiger partial charge in [-0.25, -0.2) is 0 Å². The zero-order chi connectivity index (χ0) is 22.0. The van der Waals surface area contributed by atoms with E-state index in [1.807, 2.05) is 6.08 Å². The maximum atomic E-state index is 11.9. The second-order valence-corrected chi connectivity index (χ2v) is 11.3. The first-order valence-electron chi connectivity index (χ1n) is 12.8. The van der Waals surface area contributed by atoms with Crippen molar-refractivity contribution in [2.45, 2.75) is 92.9 Å². The van der Waals surface area contributed by atoms with Crippen LogP contribution in [0.3, 0.4) is 0 Å². The van der Waals surface area contributed by atoms with Crippen molar-refractivity contribution in [3.63, 3.8) is 0 Å². The van der Waals surface area contributed by atoms with E-state index in [-0.39, 0.29) is 17.5 Å². The minimum Gasteiger partial charge on any atom is -0.387 e. The molecule has 0 aromatic heterocycles. The standard InChI is InChI=1S/C28H38O4/c1-3-9-20-17-25(29)19-24(32-27(25)13-7-5-11-22(20)27)31-26-15-16-30-28(26)14-8-6-12-23(28)21(18-26)10-4-2/h3-8,20-24,29H,1-2,9-19H2/t20-,21-,22-,23-,24+,25+,26-,27-,28-/m1/s1. The molecule has 0 aromatic carbocycles. The molecule has 0 bridgehead atoms. The summed E-state index contributed by atoms with van der Waals surface area (Å²) in [5, 5.41) is 11.9. The van der Waals surface area contributed by atoms with Crippen LogP contribution < -0.4 is 0 Å². The number of rotatable bonds is 6. The lowest BCUT2D eigenvalue weighted by molar-refractivity contribution is -0.263. The van der Waals surface area contributed by atoms with E-state index in [9.17, 15) is 5.11 Å². The van der Waals surface area contributed by atoms with Gasteiger partial charge in [-0.1, -0.05) is 36.5 Å². The van der Waals surface area contributed by atoms with E-state index < -0.39 is 11.2 Å². The van der Waals surface area contributed by atoms with Crippen LogP contribution >= 0.6 is 0 Å². The van der Waals surface area contributed by atoms with Gasteiger partial charge in [0.15, 0.2) is 6.29 Å². The monoisotopic (exact) mass is 438 g/mol. The predicted molar refractivity (Wildman–Crippen MR) is 124 cm³/mol. The van der Waals surface area contributed by atoms with Gasteiger partial charge in [0, 0.05) is 12.8 Å². The molecule has 2 saturated carbocycles. The largest absolute Gasteiger partial charge is 0.387 e. The van der Waals surface area contributed by atoms with Gasteiger partial charge in [-0.3, -0.25) is 0 Å². The molecule has 174 valence electrons. The van der Waals surface area contributed by atoms with Gasteiger partial charge in [0.1, 0.15) is 16.8 Å². The molecule has 2 spiro atoms. The van der Waals surface area contributed by atoms with Crippen LogP contribution in [0, 0.1) is 23.7 Å². The summed E-state index contributed by atoms with van der Waals surface area (Å²) >= 11 is 0. The minimum atomic E-state index is -0.824. The summed E-state index contributed by atoms with van der Waals surface area (Å²) in [7, 11) is 0. The Hall–Kier alpha value is -1.20. The van der Waals surface area contributed by atoms with Gasteiger partial charge < -0.3 is 19.3 Å². The predicted octanol–water partition coefficient (Wildman–Crippen LogP) is 5.24. The van der Waals surface area contributed by atoms with Crippen molar-refractivity contribution >= 4 is 0 Å². The molecule has 32 heavy (non-hydrogen) atoms. The summed E-state index contributed by atoms with van der Waals surface area (Å²) < 4.78 is 20.5. The van der Waals surface area contributed by atoms with Crippen LogP contribution in [0.1, 0.15) is 64.2 Å². The molecule has 0 aromatic rings. The van der Waals surface area contributed by atoms with Crippen molar-refractivity contribution in [1.82, 2.24) is 0 Å². The van der Waals surface area contributed by atoms with E-state index in [2.05, 4.69) is 43.5 Å². The van der Waals surface area contributed by atoms with Crippen molar-refractivity contribution < 1.29 is 19.3 Å². The average molecular weight is 439 g/mol. The van der Waals surface area contributed by atoms with Crippen molar-refractivity contribution in [1.29, 1.82) is 0 Å². The Morgan fingerprint density at radius 3 is 2.28 bits per heavy atom. The summed E-state index contributed by atoms with van der Waals surface area (Å²) in [6.45, 7) is 8.74. The maximum absolute atomic E-state index is 11.9. The van der Waals surface area contributed by atoms with Crippen molar-refractivity contribution in [2.75, 3.05) is 6.61 Å². The van der Waals surface area contributed by atoms with Gasteiger partial charge in [0.05, 0.1) is 12.2 Å². The fourth-order valence-electron chi connectivity index (χ4n) is 8.89. The topological polar surface area (TPSA) is 47.9 Å². The second-order valence-electron chi connectivity index (χ2n) is 11.3.